The molecule has 2 aromatic rings. The average Bonchev–Trinajstić information content (AvgIpc) is 2.80. The first-order chi connectivity index (χ1) is 15.4. The zero-order valence-corrected chi connectivity index (χ0v) is 17.9. The predicted octanol–water partition coefficient (Wildman–Crippen LogP) is 4.43. The second-order valence-corrected chi connectivity index (χ2v) is 8.37. The number of carbonyl (C=O) groups excluding carboxylic acids is 1. The largest absolute Gasteiger partial charge is 0.416 e. The fraction of sp³-hybridized carbons (Fsp3) is 0.458. The zero-order valence-electron chi connectivity index (χ0n) is 17.9. The van der Waals surface area contributed by atoms with Gasteiger partial charge >= 0.3 is 6.18 Å². The summed E-state index contributed by atoms with van der Waals surface area (Å²) in [5, 5.41) is 9.34. The minimum Gasteiger partial charge on any atom is -0.378 e. The molecule has 2 aliphatic rings. The van der Waals surface area contributed by atoms with Gasteiger partial charge in [0.05, 0.1) is 17.7 Å². The number of halogens is 3. The zero-order chi connectivity index (χ0) is 22.7. The standard InChI is InChI=1S/C24H28F3N3O2/c1-28-12-5-13-29-23(31)20-11-9-17-21(15-6-3-2-4-7-15)30-19-10-8-16(24(25,26)27)14-18(19)22(17)32-20/h2-4,6-8,10,14,17,20-22,28,30H,5,9,11-13H2,1H3,(H,29,31)/t17-,20+,21-,22-/m0/s1. The number of carbonyl (C=O) groups is 1. The second-order valence-electron chi connectivity index (χ2n) is 8.37. The minimum atomic E-state index is -4.44. The molecular weight excluding hydrogens is 419 g/mol. The van der Waals surface area contributed by atoms with Crippen molar-refractivity contribution in [2.75, 3.05) is 25.5 Å². The highest BCUT2D eigenvalue weighted by molar-refractivity contribution is 5.81. The third-order valence-corrected chi connectivity index (χ3v) is 6.24. The first-order valence-electron chi connectivity index (χ1n) is 11.0. The van der Waals surface area contributed by atoms with Gasteiger partial charge in [-0.3, -0.25) is 4.79 Å². The summed E-state index contributed by atoms with van der Waals surface area (Å²) >= 11 is 0. The van der Waals surface area contributed by atoms with E-state index in [-0.39, 0.29) is 17.9 Å². The van der Waals surface area contributed by atoms with Crippen molar-refractivity contribution in [3.8, 4) is 0 Å². The molecule has 172 valence electrons. The maximum Gasteiger partial charge on any atom is 0.416 e. The minimum absolute atomic E-state index is 0.0817. The van der Waals surface area contributed by atoms with E-state index in [9.17, 15) is 18.0 Å². The monoisotopic (exact) mass is 447 g/mol. The summed E-state index contributed by atoms with van der Waals surface area (Å²) in [6.07, 6.45) is -3.73. The van der Waals surface area contributed by atoms with Gasteiger partial charge in [-0.25, -0.2) is 0 Å². The van der Waals surface area contributed by atoms with E-state index in [1.165, 1.54) is 6.07 Å². The molecule has 32 heavy (non-hydrogen) atoms. The SMILES string of the molecule is CNCCCNC(=O)[C@H]1CC[C@@H]2[C@H](O1)c1cc(C(F)(F)F)ccc1N[C@H]2c1ccccc1. The van der Waals surface area contributed by atoms with Crippen LogP contribution in [0.2, 0.25) is 0 Å². The summed E-state index contributed by atoms with van der Waals surface area (Å²) in [5.74, 6) is -0.287. The van der Waals surface area contributed by atoms with Crippen LogP contribution in [0.5, 0.6) is 0 Å². The van der Waals surface area contributed by atoms with E-state index in [2.05, 4.69) is 16.0 Å². The lowest BCUT2D eigenvalue weighted by Crippen LogP contribution is -2.45. The van der Waals surface area contributed by atoms with E-state index in [0.717, 1.165) is 30.7 Å². The van der Waals surface area contributed by atoms with Gasteiger partial charge in [-0.05, 0) is 56.6 Å². The van der Waals surface area contributed by atoms with Crippen LogP contribution in [0.4, 0.5) is 18.9 Å². The number of nitrogens with one attached hydrogen (secondary N) is 3. The highest BCUT2D eigenvalue weighted by atomic mass is 19.4. The van der Waals surface area contributed by atoms with Crippen LogP contribution >= 0.6 is 0 Å². The molecule has 2 heterocycles. The Labute approximate surface area is 185 Å². The third kappa shape index (κ3) is 4.76. The maximum absolute atomic E-state index is 13.4. The molecule has 0 unspecified atom stereocenters. The van der Waals surface area contributed by atoms with Crippen LogP contribution in [0.15, 0.2) is 48.5 Å². The molecule has 8 heteroatoms. The van der Waals surface area contributed by atoms with Crippen LogP contribution in [-0.2, 0) is 15.7 Å². The van der Waals surface area contributed by atoms with E-state index in [4.69, 9.17) is 4.74 Å². The van der Waals surface area contributed by atoms with Gasteiger partial charge in [0.15, 0.2) is 0 Å². The molecule has 4 rings (SSSR count). The van der Waals surface area contributed by atoms with Crippen molar-refractivity contribution in [1.82, 2.24) is 10.6 Å². The number of anilines is 1. The second kappa shape index (κ2) is 9.50. The number of hydrogen-bond acceptors (Lipinski definition) is 4. The van der Waals surface area contributed by atoms with Gasteiger partial charge in [0.25, 0.3) is 0 Å². The molecule has 1 amide bonds. The Morgan fingerprint density at radius 1 is 1.12 bits per heavy atom. The first-order valence-corrected chi connectivity index (χ1v) is 11.0. The highest BCUT2D eigenvalue weighted by Crippen LogP contribution is 2.51. The van der Waals surface area contributed by atoms with Crippen molar-refractivity contribution in [2.45, 2.75) is 43.7 Å². The van der Waals surface area contributed by atoms with E-state index in [1.54, 1.807) is 0 Å². The molecule has 3 N–H and O–H groups in total. The summed E-state index contributed by atoms with van der Waals surface area (Å²) in [7, 11) is 1.85. The lowest BCUT2D eigenvalue weighted by atomic mass is 9.76. The molecule has 2 aliphatic heterocycles. The van der Waals surface area contributed by atoms with E-state index in [0.29, 0.717) is 30.6 Å². The van der Waals surface area contributed by atoms with Gasteiger partial charge < -0.3 is 20.7 Å². The molecule has 5 nitrogen and oxygen atoms in total. The van der Waals surface area contributed by atoms with Crippen molar-refractivity contribution in [2.24, 2.45) is 5.92 Å². The van der Waals surface area contributed by atoms with Crippen molar-refractivity contribution in [1.29, 1.82) is 0 Å². The number of benzene rings is 2. The van der Waals surface area contributed by atoms with Gasteiger partial charge in [0, 0.05) is 23.7 Å². The number of fused-ring (bicyclic) bond motifs is 3. The van der Waals surface area contributed by atoms with Crippen molar-refractivity contribution in [3.63, 3.8) is 0 Å². The van der Waals surface area contributed by atoms with Crippen LogP contribution in [-0.4, -0.2) is 32.1 Å². The third-order valence-electron chi connectivity index (χ3n) is 6.24. The molecule has 4 atom stereocenters. The number of rotatable bonds is 6. The Bertz CT molecular complexity index is 936. The van der Waals surface area contributed by atoms with E-state index in [1.807, 2.05) is 37.4 Å². The van der Waals surface area contributed by atoms with Crippen molar-refractivity contribution < 1.29 is 22.7 Å². The van der Waals surface area contributed by atoms with Crippen LogP contribution < -0.4 is 16.0 Å². The fourth-order valence-corrected chi connectivity index (χ4v) is 4.64. The smallest absolute Gasteiger partial charge is 0.378 e. The summed E-state index contributed by atoms with van der Waals surface area (Å²) < 4.78 is 46.4. The lowest BCUT2D eigenvalue weighted by Gasteiger charge is -2.45. The Morgan fingerprint density at radius 3 is 2.62 bits per heavy atom. The molecule has 0 saturated carbocycles. The summed E-state index contributed by atoms with van der Waals surface area (Å²) in [4.78, 5) is 12.7. The molecule has 0 radical (unpaired) electrons. The first kappa shape index (κ1) is 22.6. The summed E-state index contributed by atoms with van der Waals surface area (Å²) in [6.45, 7) is 1.31. The molecule has 0 aliphatic carbocycles. The quantitative estimate of drug-likeness (QED) is 0.574. The Balaban J connectivity index is 1.62. The van der Waals surface area contributed by atoms with Crippen LogP contribution in [0.3, 0.4) is 0 Å². The average molecular weight is 448 g/mol. The van der Waals surface area contributed by atoms with Crippen LogP contribution in [0, 0.1) is 5.92 Å². The van der Waals surface area contributed by atoms with Crippen molar-refractivity contribution >= 4 is 11.6 Å². The normalized spacial score (nSPS) is 24.8. The summed E-state index contributed by atoms with van der Waals surface area (Å²) in [6, 6.07) is 13.4. The molecule has 0 aromatic heterocycles. The van der Waals surface area contributed by atoms with Gasteiger partial charge in [-0.2, -0.15) is 13.2 Å². The number of amides is 1. The van der Waals surface area contributed by atoms with Gasteiger partial charge in [0.2, 0.25) is 5.91 Å². The Hall–Kier alpha value is -2.58. The highest BCUT2D eigenvalue weighted by Gasteiger charge is 2.44. The molecule has 1 fully saturated rings. The molecule has 0 bridgehead atoms. The number of hydrogen-bond donors (Lipinski definition) is 3. The number of alkyl halides is 3. The lowest BCUT2D eigenvalue weighted by molar-refractivity contribution is -0.149. The van der Waals surface area contributed by atoms with Crippen molar-refractivity contribution in [3.05, 3.63) is 65.2 Å². The molecule has 1 saturated heterocycles. The Morgan fingerprint density at radius 2 is 1.91 bits per heavy atom. The van der Waals surface area contributed by atoms with Crippen LogP contribution in [0.1, 0.15) is 48.1 Å². The predicted molar refractivity (Wildman–Crippen MR) is 116 cm³/mol. The van der Waals surface area contributed by atoms with Gasteiger partial charge in [-0.1, -0.05) is 30.3 Å². The van der Waals surface area contributed by atoms with Crippen LogP contribution in [0.25, 0.3) is 0 Å². The van der Waals surface area contributed by atoms with Gasteiger partial charge in [-0.15, -0.1) is 0 Å². The molecule has 2 aromatic carbocycles. The van der Waals surface area contributed by atoms with E-state index >= 15 is 0 Å². The van der Waals surface area contributed by atoms with E-state index < -0.39 is 23.9 Å². The molecular formula is C24H28F3N3O2. The topological polar surface area (TPSA) is 62.4 Å². The summed E-state index contributed by atoms with van der Waals surface area (Å²) in [5.41, 5.74) is 1.41. The Kier molecular flexibility index (Phi) is 6.71. The van der Waals surface area contributed by atoms with Gasteiger partial charge in [0.1, 0.15) is 6.10 Å². The maximum atomic E-state index is 13.4. The number of ether oxygens (including phenoxy) is 1. The fourth-order valence-electron chi connectivity index (χ4n) is 4.64. The molecule has 0 spiro atoms.